The predicted octanol–water partition coefficient (Wildman–Crippen LogP) is 4.56. The molecule has 0 saturated carbocycles. The highest BCUT2D eigenvalue weighted by Gasteiger charge is 2.22. The number of carbonyl (C=O) groups is 1. The monoisotopic (exact) mass is 432 g/mol. The highest BCUT2D eigenvalue weighted by atomic mass is 16.5. The molecule has 0 radical (unpaired) electrons. The molecule has 0 unspecified atom stereocenters. The summed E-state index contributed by atoms with van der Waals surface area (Å²) in [5, 5.41) is 3.97. The van der Waals surface area contributed by atoms with Crippen molar-refractivity contribution in [1.82, 2.24) is 5.43 Å². The van der Waals surface area contributed by atoms with Crippen molar-refractivity contribution in [1.29, 1.82) is 0 Å². The van der Waals surface area contributed by atoms with Crippen LogP contribution in [0, 0.1) is 0 Å². The number of ether oxygens (including phenoxy) is 3. The van der Waals surface area contributed by atoms with Gasteiger partial charge in [-0.1, -0.05) is 56.3 Å². The van der Waals surface area contributed by atoms with Crippen molar-refractivity contribution < 1.29 is 19.0 Å². The van der Waals surface area contributed by atoms with Gasteiger partial charge < -0.3 is 14.2 Å². The number of hydrogen-bond donors (Lipinski definition) is 1. The van der Waals surface area contributed by atoms with Crippen molar-refractivity contribution >= 4 is 12.1 Å². The van der Waals surface area contributed by atoms with Crippen LogP contribution < -0.4 is 19.6 Å². The van der Waals surface area contributed by atoms with Crippen LogP contribution in [0.15, 0.2) is 77.9 Å². The lowest BCUT2D eigenvalue weighted by Gasteiger charge is -2.26. The lowest BCUT2D eigenvalue weighted by Crippen LogP contribution is -2.24. The first kappa shape index (κ1) is 22.9. The first-order valence-electron chi connectivity index (χ1n) is 10.3. The highest BCUT2D eigenvalue weighted by molar-refractivity contribution is 5.85. The van der Waals surface area contributed by atoms with Gasteiger partial charge in [0.1, 0.15) is 17.2 Å². The van der Waals surface area contributed by atoms with E-state index in [-0.39, 0.29) is 17.9 Å². The van der Waals surface area contributed by atoms with Crippen LogP contribution in [0.2, 0.25) is 0 Å². The number of nitrogens with one attached hydrogen (secondary N) is 1. The van der Waals surface area contributed by atoms with E-state index < -0.39 is 0 Å². The van der Waals surface area contributed by atoms with Gasteiger partial charge in [-0.3, -0.25) is 4.79 Å². The standard InChI is InChI=1S/C26H28N2O4/c1-26(2,20-8-6-5-7-9-20)21-11-14-22(15-12-21)32-18-25(29)28-27-17-19-10-13-23(30-3)16-24(19)31-4/h5-17H,18H2,1-4H3,(H,28,29)/b27-17+. The van der Waals surface area contributed by atoms with E-state index in [9.17, 15) is 4.79 Å². The van der Waals surface area contributed by atoms with E-state index >= 15 is 0 Å². The van der Waals surface area contributed by atoms with E-state index in [4.69, 9.17) is 14.2 Å². The Balaban J connectivity index is 1.54. The Bertz CT molecular complexity index is 1060. The molecule has 3 aromatic rings. The maximum absolute atomic E-state index is 12.1. The van der Waals surface area contributed by atoms with E-state index in [0.29, 0.717) is 22.8 Å². The fourth-order valence-corrected chi connectivity index (χ4v) is 3.27. The van der Waals surface area contributed by atoms with Crippen LogP contribution in [0.3, 0.4) is 0 Å². The number of carbonyl (C=O) groups excluding carboxylic acids is 1. The molecule has 1 amide bonds. The molecule has 3 aromatic carbocycles. The van der Waals surface area contributed by atoms with Crippen molar-refractivity contribution in [2.24, 2.45) is 5.10 Å². The molecule has 0 atom stereocenters. The van der Waals surface area contributed by atoms with Crippen LogP contribution in [0.5, 0.6) is 17.2 Å². The smallest absolute Gasteiger partial charge is 0.277 e. The topological polar surface area (TPSA) is 69.2 Å². The van der Waals surface area contributed by atoms with E-state index in [0.717, 1.165) is 0 Å². The number of rotatable bonds is 9. The fourth-order valence-electron chi connectivity index (χ4n) is 3.27. The molecule has 6 nitrogen and oxygen atoms in total. The van der Waals surface area contributed by atoms with Crippen molar-refractivity contribution in [2.75, 3.05) is 20.8 Å². The summed E-state index contributed by atoms with van der Waals surface area (Å²) in [5.41, 5.74) is 5.44. The zero-order valence-electron chi connectivity index (χ0n) is 18.8. The van der Waals surface area contributed by atoms with Gasteiger partial charge in [-0.25, -0.2) is 5.43 Å². The molecular weight excluding hydrogens is 404 g/mol. The summed E-state index contributed by atoms with van der Waals surface area (Å²) in [6.07, 6.45) is 1.51. The molecule has 0 aliphatic heterocycles. The third-order valence-electron chi connectivity index (χ3n) is 5.27. The van der Waals surface area contributed by atoms with E-state index in [1.54, 1.807) is 32.4 Å². The minimum absolute atomic E-state index is 0.131. The average molecular weight is 433 g/mol. The zero-order chi connectivity index (χ0) is 23.0. The molecule has 0 aromatic heterocycles. The summed E-state index contributed by atoms with van der Waals surface area (Å²) in [7, 11) is 3.14. The molecule has 0 saturated heterocycles. The lowest BCUT2D eigenvalue weighted by atomic mass is 9.78. The van der Waals surface area contributed by atoms with Gasteiger partial charge in [0.2, 0.25) is 0 Å². The SMILES string of the molecule is COc1ccc(/C=N/NC(=O)COc2ccc(C(C)(C)c3ccccc3)cc2)c(OC)c1. The summed E-state index contributed by atoms with van der Waals surface area (Å²) in [4.78, 5) is 12.1. The summed E-state index contributed by atoms with van der Waals surface area (Å²) in [6.45, 7) is 4.22. The number of amides is 1. The number of hydrazone groups is 1. The third-order valence-corrected chi connectivity index (χ3v) is 5.27. The Labute approximate surface area is 188 Å². The molecule has 0 spiro atoms. The molecule has 0 aliphatic rings. The molecule has 0 fully saturated rings. The minimum atomic E-state index is -0.359. The van der Waals surface area contributed by atoms with Gasteiger partial charge in [-0.15, -0.1) is 0 Å². The molecule has 0 bridgehead atoms. The van der Waals surface area contributed by atoms with E-state index in [1.807, 2.05) is 42.5 Å². The van der Waals surface area contributed by atoms with Crippen LogP contribution >= 0.6 is 0 Å². The van der Waals surface area contributed by atoms with Gasteiger partial charge in [0.05, 0.1) is 20.4 Å². The molecule has 166 valence electrons. The Morgan fingerprint density at radius 2 is 1.56 bits per heavy atom. The number of methoxy groups -OCH3 is 2. The zero-order valence-corrected chi connectivity index (χ0v) is 18.8. The predicted molar refractivity (Wildman–Crippen MR) is 126 cm³/mol. The van der Waals surface area contributed by atoms with Gasteiger partial charge in [-0.2, -0.15) is 5.10 Å². The number of benzene rings is 3. The van der Waals surface area contributed by atoms with Gasteiger partial charge in [0.25, 0.3) is 5.91 Å². The van der Waals surface area contributed by atoms with Crippen molar-refractivity contribution in [3.63, 3.8) is 0 Å². The third kappa shape index (κ3) is 5.66. The Kier molecular flexibility index (Phi) is 7.49. The van der Waals surface area contributed by atoms with Crippen molar-refractivity contribution in [3.05, 3.63) is 89.5 Å². The second-order valence-electron chi connectivity index (χ2n) is 7.71. The summed E-state index contributed by atoms with van der Waals surface area (Å²) in [6, 6.07) is 23.5. The largest absolute Gasteiger partial charge is 0.497 e. The lowest BCUT2D eigenvalue weighted by molar-refractivity contribution is -0.123. The maximum Gasteiger partial charge on any atom is 0.277 e. The van der Waals surface area contributed by atoms with Gasteiger partial charge >= 0.3 is 0 Å². The quantitative estimate of drug-likeness (QED) is 0.398. The summed E-state index contributed by atoms with van der Waals surface area (Å²) < 4.78 is 16.1. The van der Waals surface area contributed by atoms with E-state index in [2.05, 4.69) is 36.5 Å². The number of hydrogen-bond acceptors (Lipinski definition) is 5. The van der Waals surface area contributed by atoms with Crippen molar-refractivity contribution in [3.8, 4) is 17.2 Å². The van der Waals surface area contributed by atoms with Crippen molar-refractivity contribution in [2.45, 2.75) is 19.3 Å². The molecular formula is C26H28N2O4. The molecule has 1 N–H and O–H groups in total. The second-order valence-corrected chi connectivity index (χ2v) is 7.71. The van der Waals surface area contributed by atoms with Gasteiger partial charge in [-0.05, 0) is 35.4 Å². The molecule has 32 heavy (non-hydrogen) atoms. The second kappa shape index (κ2) is 10.5. The molecule has 3 rings (SSSR count). The van der Waals surface area contributed by atoms with Gasteiger partial charge in [0, 0.05) is 17.0 Å². The molecule has 0 heterocycles. The van der Waals surface area contributed by atoms with Crippen LogP contribution in [0.25, 0.3) is 0 Å². The van der Waals surface area contributed by atoms with Crippen LogP contribution in [0.4, 0.5) is 0 Å². The Morgan fingerprint density at radius 1 is 0.906 bits per heavy atom. The van der Waals surface area contributed by atoms with E-state index in [1.165, 1.54) is 17.3 Å². The first-order valence-corrected chi connectivity index (χ1v) is 10.3. The fraction of sp³-hybridized carbons (Fsp3) is 0.231. The normalized spacial score (nSPS) is 11.2. The maximum atomic E-state index is 12.1. The average Bonchev–Trinajstić information content (AvgIpc) is 2.83. The van der Waals surface area contributed by atoms with Gasteiger partial charge in [0.15, 0.2) is 6.61 Å². The minimum Gasteiger partial charge on any atom is -0.497 e. The first-order chi connectivity index (χ1) is 15.4. The molecule has 0 aliphatic carbocycles. The Morgan fingerprint density at radius 3 is 2.22 bits per heavy atom. The van der Waals surface area contributed by atoms with Crippen LogP contribution in [-0.2, 0) is 10.2 Å². The van der Waals surface area contributed by atoms with Crippen LogP contribution in [0.1, 0.15) is 30.5 Å². The highest BCUT2D eigenvalue weighted by Crippen LogP contribution is 2.32. The molecule has 6 heteroatoms. The van der Waals surface area contributed by atoms with Crippen LogP contribution in [-0.4, -0.2) is 32.9 Å². The summed E-state index contributed by atoms with van der Waals surface area (Å²) >= 11 is 0. The number of nitrogens with zero attached hydrogens (tertiary/aromatic N) is 1. The Hall–Kier alpha value is -3.80. The summed E-state index contributed by atoms with van der Waals surface area (Å²) in [5.74, 6) is 1.53.